The molecule has 3 rings (SSSR count). The van der Waals surface area contributed by atoms with E-state index in [0.717, 1.165) is 27.6 Å². The van der Waals surface area contributed by atoms with Crippen molar-refractivity contribution in [3.63, 3.8) is 0 Å². The van der Waals surface area contributed by atoms with Gasteiger partial charge in [0.1, 0.15) is 5.75 Å². The Morgan fingerprint density at radius 3 is 2.28 bits per heavy atom. The molecule has 0 saturated carbocycles. The molecule has 4 nitrogen and oxygen atoms in total. The van der Waals surface area contributed by atoms with Gasteiger partial charge in [-0.05, 0) is 40.1 Å². The maximum Gasteiger partial charge on any atom is 0.218 e. The van der Waals surface area contributed by atoms with Crippen LogP contribution < -0.4 is 4.74 Å². The van der Waals surface area contributed by atoms with E-state index in [9.17, 15) is 8.42 Å². The lowest BCUT2D eigenvalue weighted by Crippen LogP contribution is -2.27. The Bertz CT molecular complexity index is 969. The van der Waals surface area contributed by atoms with Crippen molar-refractivity contribution in [2.45, 2.75) is 12.3 Å². The molecular formula is C20H21NO3S. The fourth-order valence-electron chi connectivity index (χ4n) is 2.75. The van der Waals surface area contributed by atoms with Crippen LogP contribution in [0.15, 0.2) is 66.7 Å². The topological polar surface area (TPSA) is 46.6 Å². The van der Waals surface area contributed by atoms with Gasteiger partial charge in [-0.1, -0.05) is 48.5 Å². The highest BCUT2D eigenvalue weighted by Gasteiger charge is 2.18. The maximum absolute atomic E-state index is 12.6. The molecular weight excluding hydrogens is 334 g/mol. The number of ether oxygens (including phenoxy) is 1. The summed E-state index contributed by atoms with van der Waals surface area (Å²) in [7, 11) is -0.0997. The smallest absolute Gasteiger partial charge is 0.218 e. The fraction of sp³-hybridized carbons (Fsp3) is 0.200. The number of nitrogens with zero attached hydrogens (tertiary/aromatic N) is 1. The van der Waals surface area contributed by atoms with Crippen LogP contribution >= 0.6 is 0 Å². The van der Waals surface area contributed by atoms with E-state index in [1.54, 1.807) is 14.2 Å². The zero-order chi connectivity index (χ0) is 17.9. The monoisotopic (exact) mass is 355 g/mol. The maximum atomic E-state index is 12.6. The Labute approximate surface area is 148 Å². The van der Waals surface area contributed by atoms with Gasteiger partial charge in [0.05, 0.1) is 12.9 Å². The predicted octanol–water partition coefficient (Wildman–Crippen LogP) is 3.81. The van der Waals surface area contributed by atoms with Crippen LogP contribution in [0.3, 0.4) is 0 Å². The Morgan fingerprint density at radius 1 is 0.880 bits per heavy atom. The van der Waals surface area contributed by atoms with Crippen molar-refractivity contribution >= 4 is 20.8 Å². The van der Waals surface area contributed by atoms with E-state index in [-0.39, 0.29) is 5.75 Å². The van der Waals surface area contributed by atoms with Crippen molar-refractivity contribution < 1.29 is 13.2 Å². The number of hydrogen-bond donors (Lipinski definition) is 0. The second kappa shape index (κ2) is 7.25. The van der Waals surface area contributed by atoms with Gasteiger partial charge in [0.25, 0.3) is 0 Å². The average Bonchev–Trinajstić information content (AvgIpc) is 2.61. The second-order valence-corrected chi connectivity index (χ2v) is 8.12. The highest BCUT2D eigenvalue weighted by atomic mass is 32.2. The first-order chi connectivity index (χ1) is 12.0. The molecule has 0 heterocycles. The molecule has 0 aliphatic rings. The van der Waals surface area contributed by atoms with E-state index in [1.165, 1.54) is 4.31 Å². The van der Waals surface area contributed by atoms with Crippen molar-refractivity contribution in [2.24, 2.45) is 0 Å². The normalized spacial score (nSPS) is 11.8. The molecule has 0 spiro atoms. The van der Waals surface area contributed by atoms with Crippen molar-refractivity contribution in [3.05, 3.63) is 77.9 Å². The van der Waals surface area contributed by atoms with Crippen molar-refractivity contribution in [3.8, 4) is 5.75 Å². The molecule has 0 atom stereocenters. The zero-order valence-corrected chi connectivity index (χ0v) is 15.2. The standard InChI is InChI=1S/C20H21NO3S/c1-21(25(22,23)15-16-6-4-3-5-7-16)14-17-8-9-19-13-20(24-2)11-10-18(19)12-17/h3-13H,14-15H2,1-2H3. The zero-order valence-electron chi connectivity index (χ0n) is 14.3. The quantitative estimate of drug-likeness (QED) is 0.675. The van der Waals surface area contributed by atoms with Gasteiger partial charge in [-0.25, -0.2) is 12.7 Å². The van der Waals surface area contributed by atoms with Gasteiger partial charge in [-0.2, -0.15) is 0 Å². The average molecular weight is 355 g/mol. The first kappa shape index (κ1) is 17.5. The Hall–Kier alpha value is -2.37. The summed E-state index contributed by atoms with van der Waals surface area (Å²) in [5, 5.41) is 2.13. The van der Waals surface area contributed by atoms with Crippen LogP contribution in [0.4, 0.5) is 0 Å². The van der Waals surface area contributed by atoms with Crippen LogP contribution in [0, 0.1) is 0 Å². The van der Waals surface area contributed by atoms with Crippen LogP contribution in [-0.4, -0.2) is 26.9 Å². The van der Waals surface area contributed by atoms with Gasteiger partial charge < -0.3 is 4.74 Å². The van der Waals surface area contributed by atoms with Gasteiger partial charge in [-0.15, -0.1) is 0 Å². The minimum absolute atomic E-state index is 0.00905. The van der Waals surface area contributed by atoms with Gasteiger partial charge in [-0.3, -0.25) is 0 Å². The number of hydrogen-bond acceptors (Lipinski definition) is 3. The van der Waals surface area contributed by atoms with E-state index in [2.05, 4.69) is 0 Å². The van der Waals surface area contributed by atoms with Crippen LogP contribution in [0.25, 0.3) is 10.8 Å². The molecule has 0 amide bonds. The molecule has 3 aromatic rings. The van der Waals surface area contributed by atoms with Crippen molar-refractivity contribution in [1.82, 2.24) is 4.31 Å². The van der Waals surface area contributed by atoms with Crippen LogP contribution in [0.2, 0.25) is 0 Å². The summed E-state index contributed by atoms with van der Waals surface area (Å²) < 4.78 is 31.8. The minimum Gasteiger partial charge on any atom is -0.497 e. The molecule has 130 valence electrons. The lowest BCUT2D eigenvalue weighted by molar-refractivity contribution is 0.415. The van der Waals surface area contributed by atoms with Crippen LogP contribution in [0.5, 0.6) is 5.75 Å². The summed E-state index contributed by atoms with van der Waals surface area (Å²) >= 11 is 0. The third-order valence-corrected chi connectivity index (χ3v) is 5.96. The van der Waals surface area contributed by atoms with Crippen LogP contribution in [0.1, 0.15) is 11.1 Å². The lowest BCUT2D eigenvalue weighted by atomic mass is 10.1. The number of fused-ring (bicyclic) bond motifs is 1. The molecule has 0 aliphatic heterocycles. The summed E-state index contributed by atoms with van der Waals surface area (Å²) in [6, 6.07) is 21.1. The van der Waals surface area contributed by atoms with E-state index >= 15 is 0 Å². The third-order valence-electron chi connectivity index (χ3n) is 4.18. The SMILES string of the molecule is COc1ccc2cc(CN(C)S(=O)(=O)Cc3ccccc3)ccc2c1. The molecule has 5 heteroatoms. The van der Waals surface area contributed by atoms with Gasteiger partial charge in [0.15, 0.2) is 0 Å². The summed E-state index contributed by atoms with van der Waals surface area (Å²) in [4.78, 5) is 0. The van der Waals surface area contributed by atoms with E-state index in [4.69, 9.17) is 4.74 Å². The van der Waals surface area contributed by atoms with Crippen LogP contribution in [-0.2, 0) is 22.3 Å². The Balaban J connectivity index is 1.77. The molecule has 3 aromatic carbocycles. The molecule has 0 unspecified atom stereocenters. The van der Waals surface area contributed by atoms with Gasteiger partial charge >= 0.3 is 0 Å². The number of methoxy groups -OCH3 is 1. The molecule has 0 fully saturated rings. The fourth-order valence-corrected chi connectivity index (χ4v) is 3.93. The summed E-state index contributed by atoms with van der Waals surface area (Å²) in [6.45, 7) is 0.344. The first-order valence-corrected chi connectivity index (χ1v) is 9.63. The highest BCUT2D eigenvalue weighted by molar-refractivity contribution is 7.88. The molecule has 0 aromatic heterocycles. The molecule has 0 N–H and O–H groups in total. The van der Waals surface area contributed by atoms with E-state index in [0.29, 0.717) is 6.54 Å². The predicted molar refractivity (Wildman–Crippen MR) is 101 cm³/mol. The van der Waals surface area contributed by atoms with E-state index < -0.39 is 10.0 Å². The minimum atomic E-state index is -3.36. The first-order valence-electron chi connectivity index (χ1n) is 8.02. The van der Waals surface area contributed by atoms with Crippen molar-refractivity contribution in [1.29, 1.82) is 0 Å². The lowest BCUT2D eigenvalue weighted by Gasteiger charge is -2.17. The second-order valence-electron chi connectivity index (χ2n) is 6.05. The summed E-state index contributed by atoms with van der Waals surface area (Å²) in [5.74, 6) is 0.817. The Morgan fingerprint density at radius 2 is 1.56 bits per heavy atom. The van der Waals surface area contributed by atoms with Gasteiger partial charge in [0, 0.05) is 13.6 Å². The van der Waals surface area contributed by atoms with E-state index in [1.807, 2.05) is 66.7 Å². The summed E-state index contributed by atoms with van der Waals surface area (Å²) in [6.07, 6.45) is 0. The molecule has 0 radical (unpaired) electrons. The number of rotatable bonds is 6. The molecule has 25 heavy (non-hydrogen) atoms. The highest BCUT2D eigenvalue weighted by Crippen LogP contribution is 2.23. The molecule has 0 aliphatic carbocycles. The molecule has 0 bridgehead atoms. The summed E-state index contributed by atoms with van der Waals surface area (Å²) in [5.41, 5.74) is 1.75. The number of benzene rings is 3. The van der Waals surface area contributed by atoms with Crippen molar-refractivity contribution in [2.75, 3.05) is 14.2 Å². The Kier molecular flexibility index (Phi) is 5.06. The third kappa shape index (κ3) is 4.18. The number of sulfonamides is 1. The molecule has 0 saturated heterocycles. The largest absolute Gasteiger partial charge is 0.497 e. The van der Waals surface area contributed by atoms with Gasteiger partial charge in [0.2, 0.25) is 10.0 Å².